The Balaban J connectivity index is 1.72. The van der Waals surface area contributed by atoms with Crippen molar-refractivity contribution < 1.29 is 9.84 Å². The number of phenolic OH excluding ortho intramolecular Hbond substituents is 1. The second kappa shape index (κ2) is 7.25. The van der Waals surface area contributed by atoms with Gasteiger partial charge >= 0.3 is 5.69 Å². The van der Waals surface area contributed by atoms with E-state index in [4.69, 9.17) is 16.3 Å². The molecular formula is C21H16ClN3O3. The van der Waals surface area contributed by atoms with Gasteiger partial charge in [-0.2, -0.15) is 4.98 Å². The van der Waals surface area contributed by atoms with E-state index < -0.39 is 5.69 Å². The molecule has 0 radical (unpaired) electrons. The first-order valence-corrected chi connectivity index (χ1v) is 8.85. The smallest absolute Gasteiger partial charge is 0.345 e. The minimum absolute atomic E-state index is 0.0304. The van der Waals surface area contributed by atoms with Crippen molar-refractivity contribution in [1.82, 2.24) is 15.0 Å². The summed E-state index contributed by atoms with van der Waals surface area (Å²) in [7, 11) is 1.47. The van der Waals surface area contributed by atoms with Crippen molar-refractivity contribution in [2.24, 2.45) is 0 Å². The molecule has 140 valence electrons. The maximum absolute atomic E-state index is 12.1. The molecule has 4 aromatic rings. The summed E-state index contributed by atoms with van der Waals surface area (Å²) in [6.45, 7) is 0. The largest absolute Gasteiger partial charge is 0.504 e. The SMILES string of the molecule is COc1cc(-c2cc(-c3ccc(-c4ccc(Cl)[nH]4)cc3)nc(=O)[nH]2)ccc1O. The van der Waals surface area contributed by atoms with Crippen LogP contribution in [0.15, 0.2) is 65.5 Å². The minimum Gasteiger partial charge on any atom is -0.504 e. The Morgan fingerprint density at radius 3 is 2.29 bits per heavy atom. The van der Waals surface area contributed by atoms with Gasteiger partial charge in [0.15, 0.2) is 11.5 Å². The summed E-state index contributed by atoms with van der Waals surface area (Å²) >= 11 is 5.93. The molecule has 6 nitrogen and oxygen atoms in total. The predicted molar refractivity (Wildman–Crippen MR) is 109 cm³/mol. The lowest BCUT2D eigenvalue weighted by Crippen LogP contribution is -2.11. The van der Waals surface area contributed by atoms with Gasteiger partial charge in [-0.1, -0.05) is 35.9 Å². The normalized spacial score (nSPS) is 10.8. The highest BCUT2D eigenvalue weighted by molar-refractivity contribution is 6.29. The number of methoxy groups -OCH3 is 1. The number of benzene rings is 2. The number of phenols is 1. The maximum atomic E-state index is 12.1. The Morgan fingerprint density at radius 1 is 0.893 bits per heavy atom. The van der Waals surface area contributed by atoms with Crippen LogP contribution in [0.5, 0.6) is 11.5 Å². The van der Waals surface area contributed by atoms with E-state index in [1.807, 2.05) is 30.3 Å². The molecule has 0 fully saturated rings. The minimum atomic E-state index is -0.459. The lowest BCUT2D eigenvalue weighted by atomic mass is 10.0. The van der Waals surface area contributed by atoms with Gasteiger partial charge in [0.1, 0.15) is 5.15 Å². The van der Waals surface area contributed by atoms with Crippen LogP contribution in [0.2, 0.25) is 5.15 Å². The van der Waals surface area contributed by atoms with E-state index in [9.17, 15) is 9.90 Å². The maximum Gasteiger partial charge on any atom is 0.345 e. The van der Waals surface area contributed by atoms with Crippen LogP contribution in [0.25, 0.3) is 33.8 Å². The van der Waals surface area contributed by atoms with Crippen molar-refractivity contribution in [3.05, 3.63) is 76.3 Å². The highest BCUT2D eigenvalue weighted by Crippen LogP contribution is 2.31. The summed E-state index contributed by atoms with van der Waals surface area (Å²) in [4.78, 5) is 22.0. The molecule has 3 N–H and O–H groups in total. The van der Waals surface area contributed by atoms with E-state index in [0.29, 0.717) is 27.9 Å². The van der Waals surface area contributed by atoms with Gasteiger partial charge in [0.2, 0.25) is 0 Å². The number of ether oxygens (including phenoxy) is 1. The Bertz CT molecular complexity index is 1200. The van der Waals surface area contributed by atoms with Crippen LogP contribution in [0.3, 0.4) is 0 Å². The molecule has 0 aliphatic rings. The lowest BCUT2D eigenvalue weighted by molar-refractivity contribution is 0.373. The van der Waals surface area contributed by atoms with Gasteiger partial charge in [-0.25, -0.2) is 4.79 Å². The van der Waals surface area contributed by atoms with Gasteiger partial charge in [-0.3, -0.25) is 0 Å². The molecule has 2 heterocycles. The molecule has 28 heavy (non-hydrogen) atoms. The molecule has 0 atom stereocenters. The van der Waals surface area contributed by atoms with Crippen LogP contribution >= 0.6 is 11.6 Å². The second-order valence-electron chi connectivity index (χ2n) is 6.17. The summed E-state index contributed by atoms with van der Waals surface area (Å²) < 4.78 is 5.14. The first-order chi connectivity index (χ1) is 13.5. The molecule has 0 aliphatic carbocycles. The number of rotatable bonds is 4. The molecule has 0 saturated carbocycles. The molecule has 0 amide bonds. The monoisotopic (exact) mass is 393 g/mol. The Kier molecular flexibility index (Phi) is 4.63. The van der Waals surface area contributed by atoms with Crippen LogP contribution in [-0.2, 0) is 0 Å². The van der Waals surface area contributed by atoms with Crippen molar-refractivity contribution in [2.45, 2.75) is 0 Å². The third-order valence-electron chi connectivity index (χ3n) is 4.38. The standard InChI is InChI=1S/C21H16ClN3O3/c1-28-19-10-14(6-8-18(19)26)17-11-16(24-21(27)25-17)13-4-2-12(3-5-13)15-7-9-20(22)23-15/h2-11,23,26H,1H3,(H,24,25,27). The molecule has 2 aromatic heterocycles. The Hall–Kier alpha value is -3.51. The van der Waals surface area contributed by atoms with Crippen molar-refractivity contribution in [3.63, 3.8) is 0 Å². The third-order valence-corrected chi connectivity index (χ3v) is 4.60. The average Bonchev–Trinajstić information content (AvgIpc) is 3.14. The van der Waals surface area contributed by atoms with Gasteiger partial charge in [0.25, 0.3) is 0 Å². The molecule has 0 saturated heterocycles. The zero-order valence-electron chi connectivity index (χ0n) is 14.9. The number of H-pyrrole nitrogens is 2. The molecule has 0 aliphatic heterocycles. The van der Waals surface area contributed by atoms with Crippen molar-refractivity contribution in [3.8, 4) is 45.3 Å². The number of aromatic nitrogens is 3. The molecule has 0 bridgehead atoms. The van der Waals surface area contributed by atoms with Crippen LogP contribution in [-0.4, -0.2) is 27.2 Å². The molecule has 0 spiro atoms. The van der Waals surface area contributed by atoms with Gasteiger partial charge in [-0.15, -0.1) is 0 Å². The number of halogens is 1. The third kappa shape index (κ3) is 3.50. The number of nitrogens with one attached hydrogen (secondary N) is 2. The second-order valence-corrected chi connectivity index (χ2v) is 6.58. The molecule has 2 aromatic carbocycles. The fourth-order valence-electron chi connectivity index (χ4n) is 2.96. The highest BCUT2D eigenvalue weighted by Gasteiger charge is 2.09. The summed E-state index contributed by atoms with van der Waals surface area (Å²) in [6.07, 6.45) is 0. The highest BCUT2D eigenvalue weighted by atomic mass is 35.5. The van der Waals surface area contributed by atoms with Gasteiger partial charge in [-0.05, 0) is 42.0 Å². The van der Waals surface area contributed by atoms with Gasteiger partial charge in [0.05, 0.1) is 18.5 Å². The first kappa shape index (κ1) is 17.9. The van der Waals surface area contributed by atoms with Crippen LogP contribution in [0.4, 0.5) is 0 Å². The number of aromatic hydroxyl groups is 1. The van der Waals surface area contributed by atoms with E-state index in [1.165, 1.54) is 13.2 Å². The predicted octanol–water partition coefficient (Wildman–Crippen LogP) is 4.47. The average molecular weight is 394 g/mol. The van der Waals surface area contributed by atoms with Crippen molar-refractivity contribution >= 4 is 11.6 Å². The fraction of sp³-hybridized carbons (Fsp3) is 0.0476. The first-order valence-electron chi connectivity index (χ1n) is 8.47. The Morgan fingerprint density at radius 2 is 1.61 bits per heavy atom. The number of nitrogens with zero attached hydrogens (tertiary/aromatic N) is 1. The fourth-order valence-corrected chi connectivity index (χ4v) is 3.13. The number of hydrogen-bond acceptors (Lipinski definition) is 4. The molecule has 7 heteroatoms. The van der Waals surface area contributed by atoms with Crippen molar-refractivity contribution in [1.29, 1.82) is 0 Å². The molecule has 0 unspecified atom stereocenters. The van der Waals surface area contributed by atoms with Crippen molar-refractivity contribution in [2.75, 3.05) is 7.11 Å². The summed E-state index contributed by atoms with van der Waals surface area (Å²) in [5.74, 6) is 0.355. The van der Waals surface area contributed by atoms with Gasteiger partial charge < -0.3 is 19.8 Å². The van der Waals surface area contributed by atoms with E-state index in [-0.39, 0.29) is 5.75 Å². The lowest BCUT2D eigenvalue weighted by Gasteiger charge is -2.08. The van der Waals surface area contributed by atoms with E-state index in [1.54, 1.807) is 24.3 Å². The van der Waals surface area contributed by atoms with Crippen LogP contribution in [0.1, 0.15) is 0 Å². The quantitative estimate of drug-likeness (QED) is 0.477. The topological polar surface area (TPSA) is 91.0 Å². The van der Waals surface area contributed by atoms with E-state index >= 15 is 0 Å². The summed E-state index contributed by atoms with van der Waals surface area (Å²) in [6, 6.07) is 18.0. The van der Waals surface area contributed by atoms with Crippen LogP contribution < -0.4 is 10.4 Å². The Labute approximate surface area is 165 Å². The molecule has 4 rings (SSSR count). The zero-order valence-corrected chi connectivity index (χ0v) is 15.6. The molecular weight excluding hydrogens is 378 g/mol. The summed E-state index contributed by atoms with van der Waals surface area (Å²) in [5.41, 5.74) is 4.05. The number of aromatic amines is 2. The zero-order chi connectivity index (χ0) is 19.7. The van der Waals surface area contributed by atoms with E-state index in [2.05, 4.69) is 15.0 Å². The van der Waals surface area contributed by atoms with Crippen LogP contribution in [0, 0.1) is 0 Å². The summed E-state index contributed by atoms with van der Waals surface area (Å²) in [5, 5.41) is 10.3. The van der Waals surface area contributed by atoms with E-state index in [0.717, 1.165) is 16.8 Å². The number of hydrogen-bond donors (Lipinski definition) is 3. The van der Waals surface area contributed by atoms with Gasteiger partial charge in [0, 0.05) is 16.8 Å².